The van der Waals surface area contributed by atoms with E-state index in [0.717, 1.165) is 45.3 Å². The molecule has 0 aromatic carbocycles. The molecule has 0 saturated carbocycles. The van der Waals surface area contributed by atoms with E-state index in [1.54, 1.807) is 7.11 Å². The van der Waals surface area contributed by atoms with Crippen LogP contribution in [0.4, 0.5) is 0 Å². The van der Waals surface area contributed by atoms with Gasteiger partial charge >= 0.3 is 5.97 Å². The van der Waals surface area contributed by atoms with Crippen molar-refractivity contribution in [3.05, 3.63) is 23.8 Å². The molecule has 1 amide bonds. The number of likely N-dealkylation sites (tertiary alicyclic amines) is 2. The molecule has 162 valence electrons. The molecule has 6 heteroatoms. The SMILES string of the molecule is C=C(C)[C@@H]1CC=C(CN2CCC3(CC2)C(C(=O)OC)CC(=O)N3CCOC)CC1. The Morgan fingerprint density at radius 3 is 2.59 bits per heavy atom. The quantitative estimate of drug-likeness (QED) is 0.482. The number of carbonyl (C=O) groups is 2. The summed E-state index contributed by atoms with van der Waals surface area (Å²) in [4.78, 5) is 29.6. The molecule has 3 aliphatic rings. The first kappa shape index (κ1) is 22.0. The van der Waals surface area contributed by atoms with Crippen LogP contribution in [-0.4, -0.2) is 74.2 Å². The molecule has 1 unspecified atom stereocenters. The van der Waals surface area contributed by atoms with Crippen molar-refractivity contribution in [2.75, 3.05) is 47.0 Å². The highest BCUT2D eigenvalue weighted by Gasteiger charge is 2.56. The molecular formula is C23H36N2O4. The molecule has 0 aromatic heterocycles. The van der Waals surface area contributed by atoms with Gasteiger partial charge in [-0.05, 0) is 44.9 Å². The minimum Gasteiger partial charge on any atom is -0.469 e. The van der Waals surface area contributed by atoms with E-state index in [9.17, 15) is 9.59 Å². The zero-order chi connectivity index (χ0) is 21.0. The minimum absolute atomic E-state index is 0.0479. The Morgan fingerprint density at radius 1 is 1.31 bits per heavy atom. The van der Waals surface area contributed by atoms with Crippen molar-refractivity contribution in [1.82, 2.24) is 9.80 Å². The number of nitrogens with zero attached hydrogens (tertiary/aromatic N) is 2. The second-order valence-corrected chi connectivity index (χ2v) is 8.88. The lowest BCUT2D eigenvalue weighted by Crippen LogP contribution is -2.58. The summed E-state index contributed by atoms with van der Waals surface area (Å²) < 4.78 is 10.3. The van der Waals surface area contributed by atoms with Gasteiger partial charge in [0.25, 0.3) is 0 Å². The predicted octanol–water partition coefficient (Wildman–Crippen LogP) is 2.79. The average Bonchev–Trinajstić information content (AvgIpc) is 2.99. The summed E-state index contributed by atoms with van der Waals surface area (Å²) in [5.74, 6) is 0.0477. The lowest BCUT2D eigenvalue weighted by atomic mass is 9.76. The van der Waals surface area contributed by atoms with Crippen LogP contribution < -0.4 is 0 Å². The van der Waals surface area contributed by atoms with Crippen molar-refractivity contribution in [3.8, 4) is 0 Å². The van der Waals surface area contributed by atoms with Crippen LogP contribution in [0.2, 0.25) is 0 Å². The van der Waals surface area contributed by atoms with Crippen molar-refractivity contribution >= 4 is 11.9 Å². The smallest absolute Gasteiger partial charge is 0.311 e. The number of allylic oxidation sites excluding steroid dienone is 2. The fourth-order valence-corrected chi connectivity index (χ4v) is 5.37. The number of carbonyl (C=O) groups excluding carboxylic acids is 2. The van der Waals surface area contributed by atoms with Gasteiger partial charge in [-0.15, -0.1) is 0 Å². The van der Waals surface area contributed by atoms with Crippen LogP contribution in [-0.2, 0) is 19.1 Å². The summed E-state index contributed by atoms with van der Waals surface area (Å²) in [6.45, 7) is 10.0. The molecule has 0 bridgehead atoms. The van der Waals surface area contributed by atoms with Crippen molar-refractivity contribution < 1.29 is 19.1 Å². The third kappa shape index (κ3) is 4.58. The number of methoxy groups -OCH3 is 2. The molecule has 29 heavy (non-hydrogen) atoms. The third-order valence-electron chi connectivity index (χ3n) is 7.22. The molecule has 2 fully saturated rings. The number of rotatable bonds is 7. The van der Waals surface area contributed by atoms with Crippen LogP contribution in [0.1, 0.15) is 45.4 Å². The molecule has 3 rings (SSSR count). The molecule has 0 N–H and O–H groups in total. The van der Waals surface area contributed by atoms with Crippen molar-refractivity contribution in [1.29, 1.82) is 0 Å². The monoisotopic (exact) mass is 404 g/mol. The molecule has 0 aromatic rings. The Morgan fingerprint density at radius 2 is 2.03 bits per heavy atom. The summed E-state index contributed by atoms with van der Waals surface area (Å²) in [5, 5.41) is 0. The Bertz CT molecular complexity index is 664. The zero-order valence-corrected chi connectivity index (χ0v) is 18.2. The van der Waals surface area contributed by atoms with Crippen LogP contribution in [0.3, 0.4) is 0 Å². The highest BCUT2D eigenvalue weighted by atomic mass is 16.5. The van der Waals surface area contributed by atoms with Gasteiger partial charge in [0, 0.05) is 39.7 Å². The van der Waals surface area contributed by atoms with Gasteiger partial charge in [-0.3, -0.25) is 14.5 Å². The Labute approximate surface area is 174 Å². The van der Waals surface area contributed by atoms with E-state index in [-0.39, 0.29) is 24.2 Å². The number of hydrogen-bond donors (Lipinski definition) is 0. The van der Waals surface area contributed by atoms with Gasteiger partial charge in [-0.2, -0.15) is 0 Å². The maximum absolute atomic E-state index is 12.7. The minimum atomic E-state index is -0.425. The third-order valence-corrected chi connectivity index (χ3v) is 7.22. The molecule has 2 saturated heterocycles. The van der Waals surface area contributed by atoms with Gasteiger partial charge in [-0.1, -0.05) is 23.8 Å². The fourth-order valence-electron chi connectivity index (χ4n) is 5.37. The maximum atomic E-state index is 12.7. The van der Waals surface area contributed by atoms with Crippen LogP contribution in [0.25, 0.3) is 0 Å². The van der Waals surface area contributed by atoms with Crippen LogP contribution in [0.5, 0.6) is 0 Å². The first-order valence-corrected chi connectivity index (χ1v) is 10.8. The largest absolute Gasteiger partial charge is 0.469 e. The topological polar surface area (TPSA) is 59.1 Å². The zero-order valence-electron chi connectivity index (χ0n) is 18.2. The summed E-state index contributed by atoms with van der Waals surface area (Å²) in [5.41, 5.74) is 2.38. The van der Waals surface area contributed by atoms with E-state index < -0.39 is 5.54 Å². The Kier molecular flexibility index (Phi) is 7.17. The van der Waals surface area contributed by atoms with Gasteiger partial charge in [0.15, 0.2) is 0 Å². The van der Waals surface area contributed by atoms with Crippen molar-refractivity contribution in [2.45, 2.75) is 51.0 Å². The lowest BCUT2D eigenvalue weighted by molar-refractivity contribution is -0.150. The predicted molar refractivity (Wildman–Crippen MR) is 112 cm³/mol. The highest BCUT2D eigenvalue weighted by Crippen LogP contribution is 2.44. The van der Waals surface area contributed by atoms with Crippen molar-refractivity contribution in [2.24, 2.45) is 11.8 Å². The molecule has 6 nitrogen and oxygen atoms in total. The number of hydrogen-bond acceptors (Lipinski definition) is 5. The van der Waals surface area contributed by atoms with Crippen molar-refractivity contribution in [3.63, 3.8) is 0 Å². The first-order chi connectivity index (χ1) is 13.9. The molecule has 1 spiro atoms. The number of esters is 1. The van der Waals surface area contributed by atoms with Gasteiger partial charge in [-0.25, -0.2) is 0 Å². The Hall–Kier alpha value is -1.66. The van der Waals surface area contributed by atoms with E-state index in [2.05, 4.69) is 24.5 Å². The fraction of sp³-hybridized carbons (Fsp3) is 0.739. The van der Waals surface area contributed by atoms with Gasteiger partial charge in [0.1, 0.15) is 0 Å². The number of ether oxygens (including phenoxy) is 2. The van der Waals surface area contributed by atoms with Gasteiger partial charge in [0.2, 0.25) is 5.91 Å². The first-order valence-electron chi connectivity index (χ1n) is 10.8. The average molecular weight is 405 g/mol. The molecule has 1 aliphatic carbocycles. The van der Waals surface area contributed by atoms with Gasteiger partial charge in [0.05, 0.1) is 25.2 Å². The van der Waals surface area contributed by atoms with E-state index >= 15 is 0 Å². The Balaban J connectivity index is 1.65. The highest BCUT2D eigenvalue weighted by molar-refractivity contribution is 5.89. The second kappa shape index (κ2) is 9.43. The van der Waals surface area contributed by atoms with E-state index in [1.807, 2.05) is 4.90 Å². The maximum Gasteiger partial charge on any atom is 0.311 e. The van der Waals surface area contributed by atoms with E-state index in [4.69, 9.17) is 9.47 Å². The van der Waals surface area contributed by atoms with E-state index in [0.29, 0.717) is 19.1 Å². The molecule has 2 heterocycles. The van der Waals surface area contributed by atoms with Crippen LogP contribution >= 0.6 is 0 Å². The molecular weight excluding hydrogens is 368 g/mol. The summed E-state index contributed by atoms with van der Waals surface area (Å²) >= 11 is 0. The van der Waals surface area contributed by atoms with E-state index in [1.165, 1.54) is 24.7 Å². The summed E-state index contributed by atoms with van der Waals surface area (Å²) in [7, 11) is 3.06. The molecule has 2 aliphatic heterocycles. The number of amides is 1. The lowest BCUT2D eigenvalue weighted by Gasteiger charge is -2.47. The van der Waals surface area contributed by atoms with Gasteiger partial charge < -0.3 is 14.4 Å². The summed E-state index contributed by atoms with van der Waals surface area (Å²) in [6, 6.07) is 0. The normalized spacial score (nSPS) is 27.2. The molecule has 2 atom stereocenters. The van der Waals surface area contributed by atoms with Crippen LogP contribution in [0.15, 0.2) is 23.8 Å². The molecule has 0 radical (unpaired) electrons. The van der Waals surface area contributed by atoms with Crippen LogP contribution in [0, 0.1) is 11.8 Å². The number of piperidine rings is 1. The second-order valence-electron chi connectivity index (χ2n) is 8.88. The summed E-state index contributed by atoms with van der Waals surface area (Å²) in [6.07, 6.45) is 7.71. The standard InChI is InChI=1S/C23H36N2O4/c1-17(2)19-7-5-18(6-8-19)16-24-11-9-23(10-12-24)20(22(27)29-4)15-21(26)25(23)13-14-28-3/h5,19-20H,1,6-16H2,2-4H3/t19-,20?/m1/s1.